The third-order valence-corrected chi connectivity index (χ3v) is 6.98. The third-order valence-electron chi connectivity index (χ3n) is 6.98. The molecule has 160 valence electrons. The number of rotatable bonds is 4. The maximum atomic E-state index is 12.9. The van der Waals surface area contributed by atoms with Gasteiger partial charge in [-0.25, -0.2) is 0 Å². The summed E-state index contributed by atoms with van der Waals surface area (Å²) in [6.45, 7) is 6.05. The molecule has 7 heteroatoms. The van der Waals surface area contributed by atoms with E-state index in [0.29, 0.717) is 17.3 Å². The Morgan fingerprint density at radius 2 is 2.07 bits per heavy atom. The molecule has 2 saturated heterocycles. The smallest absolute Gasteiger partial charge is 0.256 e. The van der Waals surface area contributed by atoms with Crippen molar-refractivity contribution in [3.63, 3.8) is 0 Å². The second-order valence-corrected chi connectivity index (χ2v) is 9.27. The van der Waals surface area contributed by atoms with Crippen LogP contribution in [0.15, 0.2) is 30.5 Å². The fourth-order valence-corrected chi connectivity index (χ4v) is 5.42. The van der Waals surface area contributed by atoms with Gasteiger partial charge < -0.3 is 19.9 Å². The Hall–Kier alpha value is -2.38. The molecule has 2 fully saturated rings. The summed E-state index contributed by atoms with van der Waals surface area (Å²) in [5.74, 6) is 1.17. The molecule has 1 unspecified atom stereocenters. The van der Waals surface area contributed by atoms with Gasteiger partial charge in [-0.1, -0.05) is 0 Å². The highest BCUT2D eigenvalue weighted by atomic mass is 16.5. The SMILES string of the molecule is CN1CCC2(C1)CN(CC1CCOCC1)c1ccc(C(=O)Nc3ccn(C)n3)cc12. The molecule has 7 nitrogen and oxygen atoms in total. The van der Waals surface area contributed by atoms with E-state index in [0.717, 1.165) is 58.7 Å². The maximum Gasteiger partial charge on any atom is 0.256 e. The number of benzene rings is 1. The van der Waals surface area contributed by atoms with E-state index < -0.39 is 0 Å². The number of nitrogens with zero attached hydrogens (tertiary/aromatic N) is 4. The molecule has 0 aliphatic carbocycles. The minimum absolute atomic E-state index is 0.0964. The van der Waals surface area contributed by atoms with Crippen LogP contribution in [0, 0.1) is 5.92 Å². The number of likely N-dealkylation sites (tertiary alicyclic amines) is 1. The van der Waals surface area contributed by atoms with Crippen LogP contribution in [0.1, 0.15) is 35.2 Å². The van der Waals surface area contributed by atoms with Crippen LogP contribution in [-0.2, 0) is 17.2 Å². The highest BCUT2D eigenvalue weighted by molar-refractivity contribution is 6.04. The Morgan fingerprint density at radius 1 is 1.23 bits per heavy atom. The fourth-order valence-electron chi connectivity index (χ4n) is 5.42. The van der Waals surface area contributed by atoms with E-state index in [1.54, 1.807) is 4.68 Å². The van der Waals surface area contributed by atoms with E-state index >= 15 is 0 Å². The van der Waals surface area contributed by atoms with Crippen LogP contribution in [0.25, 0.3) is 0 Å². The second kappa shape index (κ2) is 7.71. The van der Waals surface area contributed by atoms with Gasteiger partial charge in [-0.2, -0.15) is 5.10 Å². The van der Waals surface area contributed by atoms with Crippen LogP contribution < -0.4 is 10.2 Å². The highest BCUT2D eigenvalue weighted by Gasteiger charge is 2.46. The third kappa shape index (κ3) is 3.61. The Labute approximate surface area is 178 Å². The first kappa shape index (κ1) is 19.6. The molecule has 0 saturated carbocycles. The summed E-state index contributed by atoms with van der Waals surface area (Å²) in [7, 11) is 4.05. The molecule has 5 rings (SSSR count). The quantitative estimate of drug-likeness (QED) is 0.841. The molecule has 1 atom stereocenters. The number of amides is 1. The Kier molecular flexibility index (Phi) is 5.03. The molecule has 1 aromatic carbocycles. The summed E-state index contributed by atoms with van der Waals surface area (Å²) in [6.07, 6.45) is 5.26. The topological polar surface area (TPSA) is 62.6 Å². The van der Waals surface area contributed by atoms with Gasteiger partial charge in [-0.05, 0) is 62.5 Å². The molecule has 2 aromatic rings. The molecule has 1 amide bonds. The normalized spacial score (nSPS) is 24.5. The summed E-state index contributed by atoms with van der Waals surface area (Å²) in [5, 5.41) is 7.19. The highest BCUT2D eigenvalue weighted by Crippen LogP contribution is 2.47. The van der Waals surface area contributed by atoms with Crippen molar-refractivity contribution in [2.45, 2.75) is 24.7 Å². The molecule has 1 N–H and O–H groups in total. The number of anilines is 2. The summed E-state index contributed by atoms with van der Waals surface area (Å²) in [4.78, 5) is 17.9. The largest absolute Gasteiger partial charge is 0.381 e. The average molecular weight is 410 g/mol. The zero-order chi connectivity index (χ0) is 20.7. The van der Waals surface area contributed by atoms with Gasteiger partial charge in [0.15, 0.2) is 5.82 Å². The monoisotopic (exact) mass is 409 g/mol. The van der Waals surface area contributed by atoms with Crippen LogP contribution in [0.3, 0.4) is 0 Å². The Morgan fingerprint density at radius 3 is 2.77 bits per heavy atom. The molecule has 0 radical (unpaired) electrons. The van der Waals surface area contributed by atoms with Crippen LogP contribution in [-0.4, -0.2) is 67.0 Å². The van der Waals surface area contributed by atoms with Gasteiger partial charge in [0, 0.05) is 68.8 Å². The van der Waals surface area contributed by atoms with Gasteiger partial charge in [-0.15, -0.1) is 0 Å². The predicted octanol–water partition coefficient (Wildman–Crippen LogP) is 2.49. The van der Waals surface area contributed by atoms with Crippen molar-refractivity contribution < 1.29 is 9.53 Å². The van der Waals surface area contributed by atoms with Crippen molar-refractivity contribution in [3.8, 4) is 0 Å². The van der Waals surface area contributed by atoms with Crippen molar-refractivity contribution in [2.75, 3.05) is 56.7 Å². The van der Waals surface area contributed by atoms with Gasteiger partial charge in [-0.3, -0.25) is 9.48 Å². The minimum atomic E-state index is -0.0964. The molecule has 3 aliphatic rings. The molecule has 30 heavy (non-hydrogen) atoms. The van der Waals surface area contributed by atoms with Gasteiger partial charge in [0.1, 0.15) is 0 Å². The predicted molar refractivity (Wildman–Crippen MR) is 117 cm³/mol. The van der Waals surface area contributed by atoms with Crippen molar-refractivity contribution in [1.82, 2.24) is 14.7 Å². The number of hydrogen-bond acceptors (Lipinski definition) is 5. The Bertz CT molecular complexity index is 935. The number of aromatic nitrogens is 2. The molecule has 1 spiro atoms. The maximum absolute atomic E-state index is 12.9. The number of hydrogen-bond donors (Lipinski definition) is 1. The summed E-state index contributed by atoms with van der Waals surface area (Å²) < 4.78 is 7.25. The van der Waals surface area contributed by atoms with Crippen LogP contribution >= 0.6 is 0 Å². The lowest BCUT2D eigenvalue weighted by atomic mass is 9.81. The molecular formula is C23H31N5O2. The van der Waals surface area contributed by atoms with E-state index in [1.807, 2.05) is 25.4 Å². The zero-order valence-corrected chi connectivity index (χ0v) is 17.9. The summed E-state index contributed by atoms with van der Waals surface area (Å²) >= 11 is 0. The summed E-state index contributed by atoms with van der Waals surface area (Å²) in [6, 6.07) is 8.08. The van der Waals surface area contributed by atoms with E-state index in [2.05, 4.69) is 39.4 Å². The van der Waals surface area contributed by atoms with Gasteiger partial charge in [0.25, 0.3) is 5.91 Å². The standard InChI is InChI=1S/C23H31N5O2/c1-26-10-8-23(15-26)16-28(14-17-6-11-30-12-7-17)20-4-3-18(13-19(20)23)22(29)24-21-5-9-27(2)25-21/h3-5,9,13,17H,6-8,10-12,14-16H2,1-2H3,(H,24,25,29). The number of fused-ring (bicyclic) bond motifs is 2. The number of ether oxygens (including phenoxy) is 1. The van der Waals surface area contributed by atoms with Crippen molar-refractivity contribution in [1.29, 1.82) is 0 Å². The molecule has 1 aromatic heterocycles. The van der Waals surface area contributed by atoms with E-state index in [4.69, 9.17) is 4.74 Å². The van der Waals surface area contributed by atoms with Crippen molar-refractivity contribution >= 4 is 17.4 Å². The van der Waals surface area contributed by atoms with E-state index in [-0.39, 0.29) is 11.3 Å². The number of nitrogens with one attached hydrogen (secondary N) is 1. The lowest BCUT2D eigenvalue weighted by molar-refractivity contribution is 0.0681. The molecule has 4 heterocycles. The van der Waals surface area contributed by atoms with Crippen LogP contribution in [0.2, 0.25) is 0 Å². The number of carbonyl (C=O) groups is 1. The van der Waals surface area contributed by atoms with Crippen LogP contribution in [0.4, 0.5) is 11.5 Å². The summed E-state index contributed by atoms with van der Waals surface area (Å²) in [5.41, 5.74) is 3.48. The molecular weight excluding hydrogens is 378 g/mol. The fraction of sp³-hybridized carbons (Fsp3) is 0.565. The first-order valence-electron chi connectivity index (χ1n) is 11.0. The first-order valence-corrected chi connectivity index (χ1v) is 11.0. The van der Waals surface area contributed by atoms with E-state index in [1.165, 1.54) is 11.3 Å². The van der Waals surface area contributed by atoms with Gasteiger partial charge in [0.05, 0.1) is 0 Å². The van der Waals surface area contributed by atoms with Crippen molar-refractivity contribution in [3.05, 3.63) is 41.6 Å². The second-order valence-electron chi connectivity index (χ2n) is 9.27. The Balaban J connectivity index is 1.42. The first-order chi connectivity index (χ1) is 14.5. The number of aryl methyl sites for hydroxylation is 1. The number of carbonyl (C=O) groups excluding carboxylic acids is 1. The van der Waals surface area contributed by atoms with Gasteiger partial charge in [0.2, 0.25) is 0 Å². The zero-order valence-electron chi connectivity index (χ0n) is 17.9. The lowest BCUT2D eigenvalue weighted by Crippen LogP contribution is -2.38. The van der Waals surface area contributed by atoms with Crippen molar-refractivity contribution in [2.24, 2.45) is 13.0 Å². The van der Waals surface area contributed by atoms with Gasteiger partial charge >= 0.3 is 0 Å². The molecule has 0 bridgehead atoms. The molecule has 3 aliphatic heterocycles. The average Bonchev–Trinajstić information content (AvgIpc) is 3.41. The lowest BCUT2D eigenvalue weighted by Gasteiger charge is -2.30. The number of likely N-dealkylation sites (N-methyl/N-ethyl adjacent to an activating group) is 1. The minimum Gasteiger partial charge on any atom is -0.381 e. The van der Waals surface area contributed by atoms with E-state index in [9.17, 15) is 4.79 Å². The van der Waals surface area contributed by atoms with Crippen LogP contribution in [0.5, 0.6) is 0 Å².